The third-order valence-corrected chi connectivity index (χ3v) is 3.53. The standard InChI is InChI=1S/C13H17ClO5/c14-8-1-2-9-7(5-8)3-4-19-11(9)6-10(15)12(16)13(17)18/h1-2,5,10-13,15-18H,3-4,6H2. The Morgan fingerprint density at radius 3 is 2.68 bits per heavy atom. The molecule has 5 nitrogen and oxygen atoms in total. The molecular formula is C13H17ClO5. The average Bonchev–Trinajstić information content (AvgIpc) is 2.37. The monoisotopic (exact) mass is 288 g/mol. The number of ether oxygens (including phenoxy) is 1. The van der Waals surface area contributed by atoms with Crippen molar-refractivity contribution < 1.29 is 25.2 Å². The molecule has 1 aromatic rings. The first-order chi connectivity index (χ1) is 8.99. The SMILES string of the molecule is OC(O)C(O)C(O)CC1OCCc2cc(Cl)ccc21. The van der Waals surface area contributed by atoms with E-state index in [1.54, 1.807) is 6.07 Å². The van der Waals surface area contributed by atoms with E-state index in [0.29, 0.717) is 11.6 Å². The molecule has 0 saturated heterocycles. The maximum atomic E-state index is 9.74. The number of aliphatic hydroxyl groups is 4. The lowest BCUT2D eigenvalue weighted by molar-refractivity contribution is -0.164. The minimum atomic E-state index is -1.97. The molecule has 1 aromatic carbocycles. The van der Waals surface area contributed by atoms with Gasteiger partial charge in [-0.1, -0.05) is 17.7 Å². The van der Waals surface area contributed by atoms with Gasteiger partial charge in [-0.05, 0) is 29.7 Å². The highest BCUT2D eigenvalue weighted by molar-refractivity contribution is 6.30. The van der Waals surface area contributed by atoms with Gasteiger partial charge in [0.1, 0.15) is 6.10 Å². The van der Waals surface area contributed by atoms with E-state index in [2.05, 4.69) is 0 Å². The molecule has 0 aromatic heterocycles. The van der Waals surface area contributed by atoms with Crippen molar-refractivity contribution in [1.29, 1.82) is 0 Å². The van der Waals surface area contributed by atoms with Crippen LogP contribution in [0, 0.1) is 0 Å². The molecule has 3 unspecified atom stereocenters. The van der Waals surface area contributed by atoms with E-state index in [9.17, 15) is 10.2 Å². The largest absolute Gasteiger partial charge is 0.390 e. The van der Waals surface area contributed by atoms with Gasteiger partial charge < -0.3 is 25.2 Å². The van der Waals surface area contributed by atoms with Crippen molar-refractivity contribution >= 4 is 11.6 Å². The van der Waals surface area contributed by atoms with Gasteiger partial charge in [0, 0.05) is 11.4 Å². The van der Waals surface area contributed by atoms with Crippen LogP contribution in [0.15, 0.2) is 18.2 Å². The number of halogens is 1. The van der Waals surface area contributed by atoms with Crippen LogP contribution in [0.25, 0.3) is 0 Å². The summed E-state index contributed by atoms with van der Waals surface area (Å²) in [6, 6.07) is 5.43. The van der Waals surface area contributed by atoms with Crippen molar-refractivity contribution in [2.24, 2.45) is 0 Å². The van der Waals surface area contributed by atoms with Crippen molar-refractivity contribution in [3.8, 4) is 0 Å². The number of aliphatic hydroxyl groups excluding tert-OH is 3. The van der Waals surface area contributed by atoms with E-state index in [1.165, 1.54) is 0 Å². The Balaban J connectivity index is 2.11. The Morgan fingerprint density at radius 2 is 2.00 bits per heavy atom. The predicted octanol–water partition coefficient (Wildman–Crippen LogP) is 0.376. The van der Waals surface area contributed by atoms with E-state index in [1.807, 2.05) is 12.1 Å². The molecule has 0 bridgehead atoms. The molecule has 0 radical (unpaired) electrons. The molecule has 19 heavy (non-hydrogen) atoms. The molecule has 0 amide bonds. The van der Waals surface area contributed by atoms with Crippen LogP contribution in [-0.4, -0.2) is 45.5 Å². The lowest BCUT2D eigenvalue weighted by Crippen LogP contribution is -2.38. The summed E-state index contributed by atoms with van der Waals surface area (Å²) >= 11 is 5.93. The molecular weight excluding hydrogens is 272 g/mol. The minimum absolute atomic E-state index is 0.0907. The fraction of sp³-hybridized carbons (Fsp3) is 0.538. The van der Waals surface area contributed by atoms with Crippen molar-refractivity contribution in [1.82, 2.24) is 0 Å². The fourth-order valence-corrected chi connectivity index (χ4v) is 2.45. The summed E-state index contributed by atoms with van der Waals surface area (Å²) < 4.78 is 5.57. The van der Waals surface area contributed by atoms with Crippen molar-refractivity contribution in [3.63, 3.8) is 0 Å². The molecule has 0 saturated carbocycles. The van der Waals surface area contributed by atoms with E-state index in [-0.39, 0.29) is 12.5 Å². The highest BCUT2D eigenvalue weighted by atomic mass is 35.5. The van der Waals surface area contributed by atoms with Crippen LogP contribution in [0.1, 0.15) is 23.7 Å². The van der Waals surface area contributed by atoms with E-state index >= 15 is 0 Å². The molecule has 4 N–H and O–H groups in total. The number of rotatable bonds is 4. The summed E-state index contributed by atoms with van der Waals surface area (Å²) in [4.78, 5) is 0. The zero-order chi connectivity index (χ0) is 14.0. The number of hydrogen-bond donors (Lipinski definition) is 4. The second kappa shape index (κ2) is 6.17. The molecule has 2 rings (SSSR count). The van der Waals surface area contributed by atoms with Gasteiger partial charge in [-0.25, -0.2) is 0 Å². The summed E-state index contributed by atoms with van der Waals surface area (Å²) in [5.41, 5.74) is 1.96. The van der Waals surface area contributed by atoms with Crippen LogP contribution in [-0.2, 0) is 11.2 Å². The Hall–Kier alpha value is -0.690. The number of hydrogen-bond acceptors (Lipinski definition) is 5. The van der Waals surface area contributed by atoms with E-state index in [4.69, 9.17) is 26.6 Å². The summed E-state index contributed by atoms with van der Waals surface area (Å²) in [5.74, 6) is 0. The third kappa shape index (κ3) is 3.45. The Morgan fingerprint density at radius 1 is 1.26 bits per heavy atom. The first kappa shape index (κ1) is 14.7. The van der Waals surface area contributed by atoms with Crippen molar-refractivity contribution in [3.05, 3.63) is 34.3 Å². The first-order valence-electron chi connectivity index (χ1n) is 6.11. The molecule has 0 spiro atoms. The minimum Gasteiger partial charge on any atom is -0.390 e. The molecule has 3 atom stereocenters. The van der Waals surface area contributed by atoms with Gasteiger partial charge in [0.05, 0.1) is 18.8 Å². The lowest BCUT2D eigenvalue weighted by atomic mass is 9.93. The van der Waals surface area contributed by atoms with Crippen LogP contribution in [0.4, 0.5) is 0 Å². The second-order valence-electron chi connectivity index (χ2n) is 4.66. The quantitative estimate of drug-likeness (QED) is 0.601. The van der Waals surface area contributed by atoms with Crippen molar-refractivity contribution in [2.75, 3.05) is 6.61 Å². The van der Waals surface area contributed by atoms with Crippen LogP contribution in [0.5, 0.6) is 0 Å². The zero-order valence-electron chi connectivity index (χ0n) is 10.2. The van der Waals surface area contributed by atoms with Gasteiger partial charge in [-0.3, -0.25) is 0 Å². The van der Waals surface area contributed by atoms with Gasteiger partial charge in [0.25, 0.3) is 0 Å². The van der Waals surface area contributed by atoms with Crippen molar-refractivity contribution in [2.45, 2.75) is 37.4 Å². The normalized spacial score (nSPS) is 22.1. The molecule has 6 heteroatoms. The zero-order valence-corrected chi connectivity index (χ0v) is 11.0. The van der Waals surface area contributed by atoms with Crippen LogP contribution in [0.3, 0.4) is 0 Å². The predicted molar refractivity (Wildman–Crippen MR) is 68.7 cm³/mol. The summed E-state index contributed by atoms with van der Waals surface area (Å²) in [6.07, 6.45) is -4.40. The smallest absolute Gasteiger partial charge is 0.180 e. The Kier molecular flexibility index (Phi) is 4.78. The fourth-order valence-electron chi connectivity index (χ4n) is 2.26. The summed E-state index contributed by atoms with van der Waals surface area (Å²) in [6.45, 7) is 0.502. The molecule has 1 aliphatic heterocycles. The Bertz CT molecular complexity index is 437. The lowest BCUT2D eigenvalue weighted by Gasteiger charge is -2.29. The van der Waals surface area contributed by atoms with Crippen LogP contribution < -0.4 is 0 Å². The maximum absolute atomic E-state index is 9.74. The van der Waals surface area contributed by atoms with Gasteiger partial charge in [0.15, 0.2) is 6.29 Å². The third-order valence-electron chi connectivity index (χ3n) is 3.30. The van der Waals surface area contributed by atoms with Gasteiger partial charge >= 0.3 is 0 Å². The average molecular weight is 289 g/mol. The van der Waals surface area contributed by atoms with E-state index in [0.717, 1.165) is 17.5 Å². The highest BCUT2D eigenvalue weighted by Crippen LogP contribution is 2.32. The highest BCUT2D eigenvalue weighted by Gasteiger charge is 2.29. The van der Waals surface area contributed by atoms with E-state index < -0.39 is 18.5 Å². The summed E-state index contributed by atoms with van der Waals surface area (Å²) in [7, 11) is 0. The number of fused-ring (bicyclic) bond motifs is 1. The van der Waals surface area contributed by atoms with Crippen LogP contribution >= 0.6 is 11.6 Å². The molecule has 106 valence electrons. The molecule has 0 aliphatic carbocycles. The van der Waals surface area contributed by atoms with Crippen LogP contribution in [0.2, 0.25) is 5.02 Å². The first-order valence-corrected chi connectivity index (χ1v) is 6.49. The molecule has 1 heterocycles. The number of benzene rings is 1. The van der Waals surface area contributed by atoms with Gasteiger partial charge in [-0.2, -0.15) is 0 Å². The van der Waals surface area contributed by atoms with Gasteiger partial charge in [-0.15, -0.1) is 0 Å². The maximum Gasteiger partial charge on any atom is 0.180 e. The Labute approximate surface area is 116 Å². The molecule has 1 aliphatic rings. The second-order valence-corrected chi connectivity index (χ2v) is 5.10. The summed E-state index contributed by atoms with van der Waals surface area (Å²) in [5, 5.41) is 37.5. The topological polar surface area (TPSA) is 90.2 Å². The van der Waals surface area contributed by atoms with Gasteiger partial charge in [0.2, 0.25) is 0 Å². The molecule has 0 fully saturated rings.